The number of hydrogen-bond donors (Lipinski definition) is 0. The zero-order valence-electron chi connectivity index (χ0n) is 11.3. The maximum atomic E-state index is 4.60. The minimum Gasteiger partial charge on any atom is -0.303 e. The Labute approximate surface area is 108 Å². The number of aryl methyl sites for hydroxylation is 1. The highest BCUT2D eigenvalue weighted by Gasteiger charge is 2.22. The van der Waals surface area contributed by atoms with Gasteiger partial charge in [0.25, 0.3) is 0 Å². The van der Waals surface area contributed by atoms with Crippen molar-refractivity contribution in [3.8, 4) is 0 Å². The van der Waals surface area contributed by atoms with Crippen LogP contribution >= 0.6 is 0 Å². The van der Waals surface area contributed by atoms with Crippen LogP contribution in [0.1, 0.15) is 24.7 Å². The monoisotopic (exact) mass is 243 g/mol. The van der Waals surface area contributed by atoms with E-state index in [1.165, 1.54) is 43.0 Å². The number of rotatable bonds is 3. The largest absolute Gasteiger partial charge is 0.303 e. The molecule has 1 fully saturated rings. The highest BCUT2D eigenvalue weighted by Crippen LogP contribution is 2.20. The van der Waals surface area contributed by atoms with Crippen LogP contribution in [0.4, 0.5) is 0 Å². The summed E-state index contributed by atoms with van der Waals surface area (Å²) in [5.74, 6) is 1.99. The van der Waals surface area contributed by atoms with Gasteiger partial charge in [-0.05, 0) is 44.0 Å². The fourth-order valence-electron chi connectivity index (χ4n) is 2.93. The van der Waals surface area contributed by atoms with Crippen LogP contribution in [0.2, 0.25) is 0 Å². The van der Waals surface area contributed by atoms with Gasteiger partial charge in [0, 0.05) is 19.2 Å². The summed E-state index contributed by atoms with van der Waals surface area (Å²) in [7, 11) is 0. The van der Waals surface area contributed by atoms with Gasteiger partial charge in [0.05, 0.1) is 11.7 Å². The third kappa shape index (κ3) is 2.15. The molecule has 0 bridgehead atoms. The van der Waals surface area contributed by atoms with E-state index in [4.69, 9.17) is 0 Å². The first-order chi connectivity index (χ1) is 8.76. The molecule has 3 rings (SSSR count). The molecule has 1 unspecified atom stereocenters. The lowest BCUT2D eigenvalue weighted by Gasteiger charge is -2.12. The number of imidazole rings is 1. The summed E-state index contributed by atoms with van der Waals surface area (Å²) in [5.41, 5.74) is 2.50. The third-order valence-electron chi connectivity index (χ3n) is 4.04. The van der Waals surface area contributed by atoms with E-state index in [1.54, 1.807) is 0 Å². The van der Waals surface area contributed by atoms with Crippen molar-refractivity contribution in [1.82, 2.24) is 14.3 Å². The van der Waals surface area contributed by atoms with Gasteiger partial charge in [-0.2, -0.15) is 0 Å². The van der Waals surface area contributed by atoms with E-state index in [0.717, 1.165) is 12.3 Å². The molecule has 0 aromatic carbocycles. The van der Waals surface area contributed by atoms with Crippen LogP contribution in [0.25, 0.3) is 5.52 Å². The fraction of sp³-hybridized carbons (Fsp3) is 0.533. The van der Waals surface area contributed by atoms with E-state index in [0.29, 0.717) is 0 Å². The van der Waals surface area contributed by atoms with Gasteiger partial charge in [0.15, 0.2) is 0 Å². The molecule has 3 nitrogen and oxygen atoms in total. The summed E-state index contributed by atoms with van der Waals surface area (Å²) in [6.07, 6.45) is 6.61. The van der Waals surface area contributed by atoms with Crippen LogP contribution in [0.3, 0.4) is 0 Å². The quantitative estimate of drug-likeness (QED) is 0.825. The van der Waals surface area contributed by atoms with Crippen LogP contribution in [-0.4, -0.2) is 33.9 Å². The topological polar surface area (TPSA) is 20.5 Å². The molecule has 0 saturated carbocycles. The molecule has 3 heteroatoms. The maximum absolute atomic E-state index is 4.60. The predicted molar refractivity (Wildman–Crippen MR) is 73.9 cm³/mol. The van der Waals surface area contributed by atoms with Gasteiger partial charge >= 0.3 is 0 Å². The molecular formula is C15H21N3. The summed E-state index contributed by atoms with van der Waals surface area (Å²) in [5, 5.41) is 0. The second kappa shape index (κ2) is 4.73. The van der Waals surface area contributed by atoms with Gasteiger partial charge < -0.3 is 9.30 Å². The molecule has 18 heavy (non-hydrogen) atoms. The minimum absolute atomic E-state index is 0.774. The maximum Gasteiger partial charge on any atom is 0.113 e. The number of aromatic nitrogens is 2. The van der Waals surface area contributed by atoms with Gasteiger partial charge in [-0.1, -0.05) is 13.0 Å². The van der Waals surface area contributed by atoms with Crippen LogP contribution in [-0.2, 0) is 6.42 Å². The number of likely N-dealkylation sites (tertiary alicyclic amines) is 1. The smallest absolute Gasteiger partial charge is 0.113 e. The molecule has 2 aromatic heterocycles. The van der Waals surface area contributed by atoms with Crippen LogP contribution in [0, 0.1) is 12.8 Å². The highest BCUT2D eigenvalue weighted by molar-refractivity contribution is 5.46. The van der Waals surface area contributed by atoms with Crippen molar-refractivity contribution in [2.75, 3.05) is 19.6 Å². The van der Waals surface area contributed by atoms with E-state index in [-0.39, 0.29) is 0 Å². The summed E-state index contributed by atoms with van der Waals surface area (Å²) < 4.78 is 2.25. The Kier molecular flexibility index (Phi) is 3.08. The molecule has 2 aromatic rings. The van der Waals surface area contributed by atoms with Crippen LogP contribution in [0.15, 0.2) is 24.5 Å². The van der Waals surface area contributed by atoms with E-state index in [1.807, 2.05) is 6.20 Å². The Balaban J connectivity index is 1.80. The highest BCUT2D eigenvalue weighted by atomic mass is 15.1. The first-order valence-electron chi connectivity index (χ1n) is 6.91. The number of nitrogens with zero attached hydrogens (tertiary/aromatic N) is 3. The Morgan fingerprint density at radius 1 is 1.39 bits per heavy atom. The van der Waals surface area contributed by atoms with Gasteiger partial charge in [-0.3, -0.25) is 0 Å². The van der Waals surface area contributed by atoms with E-state index < -0.39 is 0 Å². The zero-order chi connectivity index (χ0) is 12.5. The Hall–Kier alpha value is -1.35. The van der Waals surface area contributed by atoms with Crippen molar-refractivity contribution in [3.63, 3.8) is 0 Å². The predicted octanol–water partition coefficient (Wildman–Crippen LogP) is 2.53. The van der Waals surface area contributed by atoms with Crippen LogP contribution < -0.4 is 0 Å². The Morgan fingerprint density at radius 2 is 2.28 bits per heavy atom. The van der Waals surface area contributed by atoms with Gasteiger partial charge in [0.2, 0.25) is 0 Å². The lowest BCUT2D eigenvalue weighted by atomic mass is 10.0. The molecular weight excluding hydrogens is 222 g/mol. The summed E-state index contributed by atoms with van der Waals surface area (Å²) in [6.45, 7) is 8.05. The molecule has 1 aliphatic heterocycles. The molecule has 1 atom stereocenters. The molecule has 0 spiro atoms. The third-order valence-corrected chi connectivity index (χ3v) is 4.04. The molecule has 0 amide bonds. The normalized spacial score (nSPS) is 20.9. The molecule has 96 valence electrons. The summed E-state index contributed by atoms with van der Waals surface area (Å²) in [6, 6.07) is 4.30. The lowest BCUT2D eigenvalue weighted by molar-refractivity contribution is 0.341. The molecule has 0 aliphatic carbocycles. The van der Waals surface area contributed by atoms with Gasteiger partial charge in [0.1, 0.15) is 5.82 Å². The van der Waals surface area contributed by atoms with Gasteiger partial charge in [-0.25, -0.2) is 4.98 Å². The van der Waals surface area contributed by atoms with Gasteiger partial charge in [-0.15, -0.1) is 0 Å². The average molecular weight is 243 g/mol. The second-order valence-corrected chi connectivity index (χ2v) is 5.43. The molecule has 3 heterocycles. The van der Waals surface area contributed by atoms with Crippen molar-refractivity contribution in [2.45, 2.75) is 26.7 Å². The Morgan fingerprint density at radius 3 is 3.06 bits per heavy atom. The first kappa shape index (κ1) is 11.7. The summed E-state index contributed by atoms with van der Waals surface area (Å²) in [4.78, 5) is 7.13. The minimum atomic E-state index is 0.774. The SMILES string of the molecule is CCN1CCC(Cc2ncc3ccc(C)cn23)C1. The Bertz CT molecular complexity index is 544. The van der Waals surface area contributed by atoms with E-state index >= 15 is 0 Å². The van der Waals surface area contributed by atoms with Crippen molar-refractivity contribution < 1.29 is 0 Å². The van der Waals surface area contributed by atoms with Crippen molar-refractivity contribution >= 4 is 5.52 Å². The molecule has 0 radical (unpaired) electrons. The van der Waals surface area contributed by atoms with Crippen molar-refractivity contribution in [3.05, 3.63) is 35.9 Å². The van der Waals surface area contributed by atoms with Crippen molar-refractivity contribution in [1.29, 1.82) is 0 Å². The number of pyridine rings is 1. The lowest BCUT2D eigenvalue weighted by Crippen LogP contribution is -2.20. The van der Waals surface area contributed by atoms with E-state index in [2.05, 4.69) is 46.5 Å². The second-order valence-electron chi connectivity index (χ2n) is 5.43. The average Bonchev–Trinajstić information content (AvgIpc) is 2.97. The van der Waals surface area contributed by atoms with Crippen LogP contribution in [0.5, 0.6) is 0 Å². The molecule has 0 N–H and O–H groups in total. The standard InChI is InChI=1S/C15H21N3/c1-3-17-7-6-13(11-17)8-15-16-9-14-5-4-12(2)10-18(14)15/h4-5,9-10,13H,3,6-8,11H2,1-2H3. The number of hydrogen-bond acceptors (Lipinski definition) is 2. The fourth-order valence-corrected chi connectivity index (χ4v) is 2.93. The summed E-state index contributed by atoms with van der Waals surface area (Å²) >= 11 is 0. The zero-order valence-corrected chi connectivity index (χ0v) is 11.3. The van der Waals surface area contributed by atoms with E-state index in [9.17, 15) is 0 Å². The molecule has 1 saturated heterocycles. The molecule has 1 aliphatic rings. The first-order valence-corrected chi connectivity index (χ1v) is 6.91. The van der Waals surface area contributed by atoms with Crippen molar-refractivity contribution in [2.24, 2.45) is 5.92 Å². The number of fused-ring (bicyclic) bond motifs is 1.